The van der Waals surface area contributed by atoms with Crippen LogP contribution in [0.2, 0.25) is 5.02 Å². The van der Waals surface area contributed by atoms with Gasteiger partial charge < -0.3 is 10.1 Å². The van der Waals surface area contributed by atoms with Gasteiger partial charge in [0.1, 0.15) is 0 Å². The van der Waals surface area contributed by atoms with E-state index in [1.807, 2.05) is 13.0 Å². The molecular formula is C29H20Br2ClN3O4. The molecule has 4 aromatic carbocycles. The molecule has 0 radical (unpaired) electrons. The Hall–Kier alpha value is -3.79. The number of carbonyl (C=O) groups excluding carboxylic acids is 3. The van der Waals surface area contributed by atoms with Crippen molar-refractivity contribution in [2.24, 2.45) is 5.10 Å². The van der Waals surface area contributed by atoms with Gasteiger partial charge in [0.05, 0.1) is 26.8 Å². The van der Waals surface area contributed by atoms with E-state index in [-0.39, 0.29) is 11.3 Å². The fourth-order valence-corrected chi connectivity index (χ4v) is 5.08. The molecule has 0 bridgehead atoms. The first-order chi connectivity index (χ1) is 18.7. The maximum absolute atomic E-state index is 12.7. The van der Waals surface area contributed by atoms with Gasteiger partial charge in [0, 0.05) is 21.3 Å². The second-order valence-electron chi connectivity index (χ2n) is 8.28. The number of hydrazone groups is 1. The first-order valence-electron chi connectivity index (χ1n) is 11.5. The minimum atomic E-state index is -0.531. The van der Waals surface area contributed by atoms with Crippen LogP contribution in [-0.4, -0.2) is 24.0 Å². The molecule has 4 aromatic rings. The molecule has 2 N–H and O–H groups in total. The van der Waals surface area contributed by atoms with Gasteiger partial charge in [-0.15, -0.1) is 0 Å². The lowest BCUT2D eigenvalue weighted by Gasteiger charge is -2.11. The summed E-state index contributed by atoms with van der Waals surface area (Å²) in [5.74, 6) is -1.19. The molecule has 7 nitrogen and oxygen atoms in total. The second-order valence-corrected chi connectivity index (χ2v) is 10.5. The smallest absolute Gasteiger partial charge is 0.343 e. The van der Waals surface area contributed by atoms with Gasteiger partial charge in [-0.3, -0.25) is 9.59 Å². The summed E-state index contributed by atoms with van der Waals surface area (Å²) in [4.78, 5) is 38.0. The molecule has 0 spiro atoms. The van der Waals surface area contributed by atoms with Crippen LogP contribution in [0.3, 0.4) is 0 Å². The minimum absolute atomic E-state index is 0.243. The van der Waals surface area contributed by atoms with Gasteiger partial charge >= 0.3 is 5.97 Å². The Labute approximate surface area is 246 Å². The molecule has 39 heavy (non-hydrogen) atoms. The van der Waals surface area contributed by atoms with Crippen molar-refractivity contribution >= 4 is 73.1 Å². The SMILES string of the molecule is Cc1cccc(C(=O)Oc2c(Br)cc(Br)cc2C=NNC(=O)c2cccc(NC(=O)c3ccccc3Cl)c2)c1. The molecule has 0 atom stereocenters. The largest absolute Gasteiger partial charge is 0.421 e. The molecule has 0 aliphatic carbocycles. The lowest BCUT2D eigenvalue weighted by Crippen LogP contribution is -2.18. The number of nitrogens with one attached hydrogen (secondary N) is 2. The number of benzene rings is 4. The Morgan fingerprint density at radius 3 is 2.38 bits per heavy atom. The number of hydrogen-bond acceptors (Lipinski definition) is 5. The van der Waals surface area contributed by atoms with Gasteiger partial charge in [0.25, 0.3) is 11.8 Å². The Bertz CT molecular complexity index is 1610. The van der Waals surface area contributed by atoms with Crippen LogP contribution in [0.1, 0.15) is 42.2 Å². The van der Waals surface area contributed by atoms with Crippen LogP contribution in [0.5, 0.6) is 5.75 Å². The molecule has 0 saturated carbocycles. The molecule has 196 valence electrons. The third-order valence-corrected chi connectivity index (χ3v) is 6.73. The van der Waals surface area contributed by atoms with Crippen LogP contribution in [0.15, 0.2) is 99.0 Å². The van der Waals surface area contributed by atoms with E-state index >= 15 is 0 Å². The van der Waals surface area contributed by atoms with E-state index in [1.165, 1.54) is 12.3 Å². The van der Waals surface area contributed by atoms with E-state index in [9.17, 15) is 14.4 Å². The normalized spacial score (nSPS) is 10.8. The predicted molar refractivity (Wildman–Crippen MR) is 159 cm³/mol. The van der Waals surface area contributed by atoms with Gasteiger partial charge in [0.2, 0.25) is 0 Å². The fraction of sp³-hybridized carbons (Fsp3) is 0.0345. The molecule has 0 aliphatic rings. The van der Waals surface area contributed by atoms with Crippen molar-refractivity contribution in [2.75, 3.05) is 5.32 Å². The maximum atomic E-state index is 12.7. The molecule has 2 amide bonds. The Morgan fingerprint density at radius 2 is 1.62 bits per heavy atom. The van der Waals surface area contributed by atoms with Crippen molar-refractivity contribution in [3.8, 4) is 5.75 Å². The number of rotatable bonds is 7. The van der Waals surface area contributed by atoms with Crippen LogP contribution in [0.4, 0.5) is 5.69 Å². The predicted octanol–water partition coefficient (Wildman–Crippen LogP) is 7.41. The quantitative estimate of drug-likeness (QED) is 0.0928. The number of amides is 2. The first kappa shape index (κ1) is 28.2. The lowest BCUT2D eigenvalue weighted by atomic mass is 10.1. The molecule has 0 aliphatic heterocycles. The van der Waals surface area contributed by atoms with E-state index in [0.717, 1.165) is 5.56 Å². The number of carbonyl (C=O) groups is 3. The average molecular weight is 670 g/mol. The van der Waals surface area contributed by atoms with E-state index in [2.05, 4.69) is 47.7 Å². The van der Waals surface area contributed by atoms with Gasteiger partial charge in [-0.25, -0.2) is 10.2 Å². The number of anilines is 1. The minimum Gasteiger partial charge on any atom is -0.421 e. The van der Waals surface area contributed by atoms with Gasteiger partial charge in [-0.2, -0.15) is 5.10 Å². The number of ether oxygens (including phenoxy) is 1. The molecule has 0 aromatic heterocycles. The van der Waals surface area contributed by atoms with Crippen molar-refractivity contribution in [1.82, 2.24) is 5.43 Å². The summed E-state index contributed by atoms with van der Waals surface area (Å²) in [5, 5.41) is 7.09. The first-order valence-corrected chi connectivity index (χ1v) is 13.4. The van der Waals surface area contributed by atoms with E-state index < -0.39 is 17.8 Å². The number of nitrogens with zero attached hydrogens (tertiary/aromatic N) is 1. The molecule has 0 fully saturated rings. The summed E-state index contributed by atoms with van der Waals surface area (Å²) in [5.41, 5.74) is 5.23. The summed E-state index contributed by atoms with van der Waals surface area (Å²) in [6, 6.07) is 23.6. The highest BCUT2D eigenvalue weighted by Gasteiger charge is 2.16. The molecule has 0 unspecified atom stereocenters. The van der Waals surface area contributed by atoms with Crippen molar-refractivity contribution < 1.29 is 19.1 Å². The van der Waals surface area contributed by atoms with Crippen LogP contribution in [-0.2, 0) is 0 Å². The van der Waals surface area contributed by atoms with E-state index in [1.54, 1.807) is 72.8 Å². The van der Waals surface area contributed by atoms with Crippen LogP contribution in [0, 0.1) is 6.92 Å². The third-order valence-electron chi connectivity index (χ3n) is 5.36. The number of hydrogen-bond donors (Lipinski definition) is 2. The Balaban J connectivity index is 1.47. The van der Waals surface area contributed by atoms with Crippen LogP contribution >= 0.6 is 43.5 Å². The van der Waals surface area contributed by atoms with Gasteiger partial charge in [0.15, 0.2) is 5.75 Å². The molecule has 4 rings (SSSR count). The monoisotopic (exact) mass is 667 g/mol. The standard InChI is InChI=1S/C29H20Br2ClN3O4/c1-17-6-4-8-19(12-17)29(38)39-26-20(13-21(30)15-24(26)31)16-33-35-27(36)18-7-5-9-22(14-18)34-28(37)23-10-2-3-11-25(23)32/h2-16H,1H3,(H,34,37)(H,35,36). The highest BCUT2D eigenvalue weighted by atomic mass is 79.9. The average Bonchev–Trinajstić information content (AvgIpc) is 2.90. The molecule has 0 heterocycles. The summed E-state index contributed by atoms with van der Waals surface area (Å²) < 4.78 is 6.88. The summed E-state index contributed by atoms with van der Waals surface area (Å²) in [6.07, 6.45) is 1.37. The maximum Gasteiger partial charge on any atom is 0.343 e. The second kappa shape index (κ2) is 12.8. The third kappa shape index (κ3) is 7.41. The van der Waals surface area contributed by atoms with Crippen molar-refractivity contribution in [2.45, 2.75) is 6.92 Å². The highest BCUT2D eigenvalue weighted by molar-refractivity contribution is 9.11. The van der Waals surface area contributed by atoms with Crippen molar-refractivity contribution in [1.29, 1.82) is 0 Å². The van der Waals surface area contributed by atoms with Crippen molar-refractivity contribution in [3.63, 3.8) is 0 Å². The van der Waals surface area contributed by atoms with Crippen LogP contribution < -0.4 is 15.5 Å². The fourth-order valence-electron chi connectivity index (χ4n) is 3.51. The summed E-state index contributed by atoms with van der Waals surface area (Å²) >= 11 is 12.9. The van der Waals surface area contributed by atoms with Crippen molar-refractivity contribution in [3.05, 3.63) is 127 Å². The van der Waals surface area contributed by atoms with Gasteiger partial charge in [-0.1, -0.05) is 63.4 Å². The van der Waals surface area contributed by atoms with Crippen LogP contribution in [0.25, 0.3) is 0 Å². The van der Waals surface area contributed by atoms with E-state index in [4.69, 9.17) is 16.3 Å². The summed E-state index contributed by atoms with van der Waals surface area (Å²) in [7, 11) is 0. The molecular weight excluding hydrogens is 650 g/mol. The summed E-state index contributed by atoms with van der Waals surface area (Å²) in [6.45, 7) is 1.88. The zero-order chi connectivity index (χ0) is 27.9. The molecule has 10 heteroatoms. The molecule has 0 saturated heterocycles. The number of esters is 1. The number of halogens is 3. The Kier molecular flexibility index (Phi) is 9.29. The number of aryl methyl sites for hydroxylation is 1. The Morgan fingerprint density at radius 1 is 0.872 bits per heavy atom. The van der Waals surface area contributed by atoms with E-state index in [0.29, 0.717) is 36.3 Å². The zero-order valence-electron chi connectivity index (χ0n) is 20.4. The topological polar surface area (TPSA) is 96.9 Å². The highest BCUT2D eigenvalue weighted by Crippen LogP contribution is 2.32. The zero-order valence-corrected chi connectivity index (χ0v) is 24.3. The lowest BCUT2D eigenvalue weighted by molar-refractivity contribution is 0.0732. The van der Waals surface area contributed by atoms with Gasteiger partial charge in [-0.05, 0) is 77.5 Å².